The Morgan fingerprint density at radius 1 is 1.24 bits per heavy atom. The van der Waals surface area contributed by atoms with Crippen molar-refractivity contribution in [2.45, 2.75) is 12.8 Å². The Kier molecular flexibility index (Phi) is 8.23. The summed E-state index contributed by atoms with van der Waals surface area (Å²) in [5.41, 5.74) is 0. The van der Waals surface area contributed by atoms with Crippen molar-refractivity contribution in [3.8, 4) is 5.75 Å². The van der Waals surface area contributed by atoms with E-state index in [-0.39, 0.29) is 25.7 Å². The lowest BCUT2D eigenvalue weighted by Crippen LogP contribution is -2.28. The summed E-state index contributed by atoms with van der Waals surface area (Å²) in [4.78, 5) is 21.6. The first-order chi connectivity index (χ1) is 10.1. The van der Waals surface area contributed by atoms with Crippen LogP contribution < -0.4 is 10.1 Å². The minimum Gasteiger partial charge on any atom is -0.492 e. The number of para-hydroxylation sites is 1. The van der Waals surface area contributed by atoms with Crippen LogP contribution in [0.4, 0.5) is 0 Å². The number of amides is 1. The molecule has 116 valence electrons. The molecular weight excluding hydrogens is 298 g/mol. The van der Waals surface area contributed by atoms with Gasteiger partial charge in [-0.1, -0.05) is 23.7 Å². The number of carbonyl (C=O) groups excluding carboxylic acids is 1. The summed E-state index contributed by atoms with van der Waals surface area (Å²) >= 11 is 5.93. The number of hydrogen-bond acceptors (Lipinski definition) is 4. The third kappa shape index (κ3) is 8.16. The number of ether oxygens (including phenoxy) is 2. The molecule has 0 spiro atoms. The number of carboxylic acids is 1. The van der Waals surface area contributed by atoms with Crippen molar-refractivity contribution in [2.75, 3.05) is 26.4 Å². The summed E-state index contributed by atoms with van der Waals surface area (Å²) in [7, 11) is 0. The van der Waals surface area contributed by atoms with E-state index in [1.54, 1.807) is 12.1 Å². The molecule has 1 amide bonds. The number of carbonyl (C=O) groups is 2. The molecule has 0 bridgehead atoms. The second kappa shape index (κ2) is 10.0. The van der Waals surface area contributed by atoms with Crippen LogP contribution in [0.1, 0.15) is 12.8 Å². The van der Waals surface area contributed by atoms with Crippen molar-refractivity contribution in [3.63, 3.8) is 0 Å². The van der Waals surface area contributed by atoms with Gasteiger partial charge in [-0.15, -0.1) is 0 Å². The smallest absolute Gasteiger partial charge is 0.329 e. The highest BCUT2D eigenvalue weighted by molar-refractivity contribution is 6.32. The van der Waals surface area contributed by atoms with Crippen LogP contribution >= 0.6 is 11.6 Å². The quantitative estimate of drug-likeness (QED) is 0.642. The standard InChI is InChI=1S/C14H18ClNO5/c15-11-4-1-2-5-12(11)21-8-3-6-13(17)16-7-9-20-10-14(18)19/h1-2,4-5H,3,6-10H2,(H,16,17)(H,18,19). The molecule has 0 fully saturated rings. The Bertz CT molecular complexity index is 466. The molecule has 0 aliphatic carbocycles. The highest BCUT2D eigenvalue weighted by Crippen LogP contribution is 2.23. The molecular formula is C14H18ClNO5. The first-order valence-corrected chi connectivity index (χ1v) is 6.91. The van der Waals surface area contributed by atoms with Gasteiger partial charge in [-0.2, -0.15) is 0 Å². The molecule has 0 unspecified atom stereocenters. The van der Waals surface area contributed by atoms with Gasteiger partial charge in [0.05, 0.1) is 18.2 Å². The van der Waals surface area contributed by atoms with Gasteiger partial charge < -0.3 is 19.9 Å². The van der Waals surface area contributed by atoms with E-state index in [0.717, 1.165) is 0 Å². The first kappa shape index (κ1) is 17.3. The Morgan fingerprint density at radius 2 is 2.00 bits per heavy atom. The van der Waals surface area contributed by atoms with E-state index in [2.05, 4.69) is 5.32 Å². The zero-order valence-electron chi connectivity index (χ0n) is 11.5. The lowest BCUT2D eigenvalue weighted by atomic mass is 10.3. The minimum absolute atomic E-state index is 0.128. The molecule has 7 heteroatoms. The Morgan fingerprint density at radius 3 is 2.71 bits per heavy atom. The van der Waals surface area contributed by atoms with Crippen LogP contribution in [-0.4, -0.2) is 43.3 Å². The highest BCUT2D eigenvalue weighted by atomic mass is 35.5. The number of rotatable bonds is 10. The van der Waals surface area contributed by atoms with Crippen LogP contribution in [0, 0.1) is 0 Å². The van der Waals surface area contributed by atoms with Crippen molar-refractivity contribution in [1.82, 2.24) is 5.32 Å². The summed E-state index contributed by atoms with van der Waals surface area (Å²) in [6.45, 7) is 0.500. The average molecular weight is 316 g/mol. The maximum Gasteiger partial charge on any atom is 0.329 e. The van der Waals surface area contributed by atoms with Crippen molar-refractivity contribution in [2.24, 2.45) is 0 Å². The predicted molar refractivity (Wildman–Crippen MR) is 77.6 cm³/mol. The largest absolute Gasteiger partial charge is 0.492 e. The molecule has 0 saturated heterocycles. The van der Waals surface area contributed by atoms with Gasteiger partial charge in [0.2, 0.25) is 5.91 Å². The van der Waals surface area contributed by atoms with Crippen LogP contribution in [0.3, 0.4) is 0 Å². The number of nitrogens with one attached hydrogen (secondary N) is 1. The van der Waals surface area contributed by atoms with Crippen LogP contribution in [0.2, 0.25) is 5.02 Å². The maximum atomic E-state index is 11.5. The van der Waals surface area contributed by atoms with Gasteiger partial charge in [0, 0.05) is 13.0 Å². The number of carboxylic acid groups (broad SMARTS) is 1. The molecule has 0 saturated carbocycles. The number of hydrogen-bond donors (Lipinski definition) is 2. The third-order valence-electron chi connectivity index (χ3n) is 2.44. The normalized spacial score (nSPS) is 10.1. The summed E-state index contributed by atoms with van der Waals surface area (Å²) in [6, 6.07) is 7.14. The highest BCUT2D eigenvalue weighted by Gasteiger charge is 2.03. The van der Waals surface area contributed by atoms with E-state index < -0.39 is 5.97 Å². The summed E-state index contributed by atoms with van der Waals surface area (Å²) in [5, 5.41) is 11.5. The van der Waals surface area contributed by atoms with Crippen LogP contribution in [0.5, 0.6) is 5.75 Å². The zero-order chi connectivity index (χ0) is 15.5. The van der Waals surface area contributed by atoms with E-state index >= 15 is 0 Å². The summed E-state index contributed by atoms with van der Waals surface area (Å²) < 4.78 is 10.2. The lowest BCUT2D eigenvalue weighted by Gasteiger charge is -2.08. The maximum absolute atomic E-state index is 11.5. The minimum atomic E-state index is -1.03. The van der Waals surface area contributed by atoms with Crippen LogP contribution in [0.15, 0.2) is 24.3 Å². The molecule has 6 nitrogen and oxygen atoms in total. The SMILES string of the molecule is O=C(O)COCCNC(=O)CCCOc1ccccc1Cl. The van der Waals surface area contributed by atoms with E-state index in [1.165, 1.54) is 0 Å². The second-order valence-corrected chi connectivity index (χ2v) is 4.59. The van der Waals surface area contributed by atoms with Gasteiger partial charge in [0.25, 0.3) is 0 Å². The predicted octanol–water partition coefficient (Wildman–Crippen LogP) is 1.72. The van der Waals surface area contributed by atoms with Gasteiger partial charge in [-0.05, 0) is 18.6 Å². The van der Waals surface area contributed by atoms with E-state index in [9.17, 15) is 9.59 Å². The van der Waals surface area contributed by atoms with E-state index in [1.807, 2.05) is 12.1 Å². The number of benzene rings is 1. The van der Waals surface area contributed by atoms with Gasteiger partial charge >= 0.3 is 5.97 Å². The lowest BCUT2D eigenvalue weighted by molar-refractivity contribution is -0.142. The molecule has 0 aliphatic heterocycles. The number of aliphatic carboxylic acids is 1. The van der Waals surface area contributed by atoms with Crippen molar-refractivity contribution in [1.29, 1.82) is 0 Å². The molecule has 21 heavy (non-hydrogen) atoms. The Balaban J connectivity index is 2.03. The number of halogens is 1. The third-order valence-corrected chi connectivity index (χ3v) is 2.75. The molecule has 1 aromatic carbocycles. The molecule has 0 aliphatic rings. The average Bonchev–Trinajstić information content (AvgIpc) is 2.44. The molecule has 1 rings (SSSR count). The Hall–Kier alpha value is -1.79. The Labute approximate surface area is 128 Å². The molecule has 1 aromatic rings. The first-order valence-electron chi connectivity index (χ1n) is 6.53. The zero-order valence-corrected chi connectivity index (χ0v) is 12.3. The molecule has 0 radical (unpaired) electrons. The van der Waals surface area contributed by atoms with Crippen molar-refractivity contribution in [3.05, 3.63) is 29.3 Å². The van der Waals surface area contributed by atoms with Gasteiger partial charge in [-0.3, -0.25) is 4.79 Å². The van der Waals surface area contributed by atoms with Crippen molar-refractivity contribution >= 4 is 23.5 Å². The fourth-order valence-corrected chi connectivity index (χ4v) is 1.68. The van der Waals surface area contributed by atoms with Gasteiger partial charge in [-0.25, -0.2) is 4.79 Å². The molecule has 0 atom stereocenters. The monoisotopic (exact) mass is 315 g/mol. The van der Waals surface area contributed by atoms with Gasteiger partial charge in [0.15, 0.2) is 0 Å². The van der Waals surface area contributed by atoms with Crippen LogP contribution in [-0.2, 0) is 14.3 Å². The summed E-state index contributed by atoms with van der Waals surface area (Å²) in [6.07, 6.45) is 0.885. The van der Waals surface area contributed by atoms with E-state index in [4.69, 9.17) is 26.2 Å². The van der Waals surface area contributed by atoms with E-state index in [0.29, 0.717) is 30.2 Å². The van der Waals surface area contributed by atoms with Crippen LogP contribution in [0.25, 0.3) is 0 Å². The molecule has 0 heterocycles. The fourth-order valence-electron chi connectivity index (χ4n) is 1.49. The van der Waals surface area contributed by atoms with Gasteiger partial charge in [0.1, 0.15) is 12.4 Å². The molecule has 0 aromatic heterocycles. The fraction of sp³-hybridized carbons (Fsp3) is 0.429. The second-order valence-electron chi connectivity index (χ2n) is 4.18. The summed E-state index contributed by atoms with van der Waals surface area (Å²) in [5.74, 6) is -0.559. The molecule has 2 N–H and O–H groups in total. The topological polar surface area (TPSA) is 84.9 Å². The van der Waals surface area contributed by atoms with Crippen molar-refractivity contribution < 1.29 is 24.2 Å².